The van der Waals surface area contributed by atoms with Gasteiger partial charge in [0.05, 0.1) is 18.2 Å². The van der Waals surface area contributed by atoms with Gasteiger partial charge in [-0.05, 0) is 32.4 Å². The van der Waals surface area contributed by atoms with Gasteiger partial charge in [-0.3, -0.25) is 9.88 Å². The van der Waals surface area contributed by atoms with E-state index in [-0.39, 0.29) is 0 Å². The number of aromatic nitrogens is 1. The van der Waals surface area contributed by atoms with Crippen LogP contribution in [0.25, 0.3) is 10.9 Å². The first-order chi connectivity index (χ1) is 11.7. The van der Waals surface area contributed by atoms with Crippen molar-refractivity contribution in [2.75, 3.05) is 44.2 Å². The van der Waals surface area contributed by atoms with Crippen LogP contribution < -0.4 is 4.90 Å². The molecular formula is C20H29N3O. The summed E-state index contributed by atoms with van der Waals surface area (Å²) in [7, 11) is 0. The van der Waals surface area contributed by atoms with Crippen LogP contribution in [0.3, 0.4) is 0 Å². The van der Waals surface area contributed by atoms with Gasteiger partial charge in [-0.2, -0.15) is 0 Å². The number of anilines is 1. The summed E-state index contributed by atoms with van der Waals surface area (Å²) < 4.78 is 5.68. The maximum absolute atomic E-state index is 5.68. The first-order valence-corrected chi connectivity index (χ1v) is 9.15. The lowest BCUT2D eigenvalue weighted by Crippen LogP contribution is -2.47. The van der Waals surface area contributed by atoms with Gasteiger partial charge in [0.25, 0.3) is 0 Å². The number of aryl methyl sites for hydroxylation is 1. The SMILES string of the molecule is CCc1cc(N2CCN(CCOC(C)C)CC2)c2ccccc2n1. The molecule has 2 heterocycles. The van der Waals surface area contributed by atoms with E-state index >= 15 is 0 Å². The third-order valence-corrected chi connectivity index (χ3v) is 4.68. The Hall–Kier alpha value is -1.65. The van der Waals surface area contributed by atoms with E-state index in [4.69, 9.17) is 9.72 Å². The van der Waals surface area contributed by atoms with Crippen LogP contribution >= 0.6 is 0 Å². The highest BCUT2D eigenvalue weighted by Crippen LogP contribution is 2.27. The Morgan fingerprint density at radius 2 is 1.88 bits per heavy atom. The molecule has 2 aromatic rings. The Morgan fingerprint density at radius 1 is 1.12 bits per heavy atom. The van der Waals surface area contributed by atoms with E-state index < -0.39 is 0 Å². The number of rotatable bonds is 6. The van der Waals surface area contributed by atoms with Crippen LogP contribution in [-0.2, 0) is 11.2 Å². The highest BCUT2D eigenvalue weighted by molar-refractivity contribution is 5.92. The minimum atomic E-state index is 0.321. The molecule has 24 heavy (non-hydrogen) atoms. The molecular weight excluding hydrogens is 298 g/mol. The molecule has 0 saturated carbocycles. The zero-order chi connectivity index (χ0) is 16.9. The Balaban J connectivity index is 1.69. The van der Waals surface area contributed by atoms with Crippen molar-refractivity contribution >= 4 is 16.6 Å². The molecule has 1 aliphatic rings. The highest BCUT2D eigenvalue weighted by Gasteiger charge is 2.19. The first kappa shape index (κ1) is 17.2. The Bertz CT molecular complexity index is 663. The number of pyridine rings is 1. The van der Waals surface area contributed by atoms with Crippen molar-refractivity contribution in [3.05, 3.63) is 36.0 Å². The summed E-state index contributed by atoms with van der Waals surface area (Å²) in [5, 5.41) is 1.27. The third kappa shape index (κ3) is 4.05. The summed E-state index contributed by atoms with van der Waals surface area (Å²) in [4.78, 5) is 9.79. The molecule has 0 aliphatic carbocycles. The molecule has 1 fully saturated rings. The van der Waals surface area contributed by atoms with Gasteiger partial charge in [0.15, 0.2) is 0 Å². The lowest BCUT2D eigenvalue weighted by molar-refractivity contribution is 0.0579. The number of para-hydroxylation sites is 1. The molecule has 1 saturated heterocycles. The fourth-order valence-corrected chi connectivity index (χ4v) is 3.28. The number of ether oxygens (including phenoxy) is 1. The normalized spacial score (nSPS) is 16.2. The van der Waals surface area contributed by atoms with Gasteiger partial charge < -0.3 is 9.64 Å². The van der Waals surface area contributed by atoms with Crippen molar-refractivity contribution in [1.29, 1.82) is 0 Å². The summed E-state index contributed by atoms with van der Waals surface area (Å²) in [6, 6.07) is 10.8. The fraction of sp³-hybridized carbons (Fsp3) is 0.550. The monoisotopic (exact) mass is 327 g/mol. The van der Waals surface area contributed by atoms with Crippen molar-refractivity contribution in [1.82, 2.24) is 9.88 Å². The molecule has 0 spiro atoms. The number of hydrogen-bond acceptors (Lipinski definition) is 4. The van der Waals surface area contributed by atoms with Crippen molar-refractivity contribution in [2.24, 2.45) is 0 Å². The molecule has 0 unspecified atom stereocenters. The molecule has 0 N–H and O–H groups in total. The Labute approximate surface area is 145 Å². The van der Waals surface area contributed by atoms with E-state index in [0.717, 1.165) is 51.3 Å². The Kier molecular flexibility index (Phi) is 5.69. The van der Waals surface area contributed by atoms with Crippen LogP contribution in [0.5, 0.6) is 0 Å². The predicted molar refractivity (Wildman–Crippen MR) is 101 cm³/mol. The maximum atomic E-state index is 5.68. The number of fused-ring (bicyclic) bond motifs is 1. The summed E-state index contributed by atoms with van der Waals surface area (Å²) in [5.41, 5.74) is 3.63. The van der Waals surface area contributed by atoms with E-state index in [2.05, 4.69) is 60.9 Å². The van der Waals surface area contributed by atoms with Crippen molar-refractivity contribution in [3.63, 3.8) is 0 Å². The summed E-state index contributed by atoms with van der Waals surface area (Å²) in [6.07, 6.45) is 1.30. The van der Waals surface area contributed by atoms with E-state index in [1.807, 2.05) is 0 Å². The molecule has 3 rings (SSSR count). The van der Waals surface area contributed by atoms with Gasteiger partial charge in [0, 0.05) is 49.5 Å². The van der Waals surface area contributed by atoms with Gasteiger partial charge in [-0.25, -0.2) is 0 Å². The summed E-state index contributed by atoms with van der Waals surface area (Å²) in [5.74, 6) is 0. The largest absolute Gasteiger partial charge is 0.377 e. The molecule has 1 aromatic carbocycles. The highest BCUT2D eigenvalue weighted by atomic mass is 16.5. The van der Waals surface area contributed by atoms with Crippen LogP contribution in [0, 0.1) is 0 Å². The molecule has 0 amide bonds. The second-order valence-electron chi connectivity index (χ2n) is 6.75. The maximum Gasteiger partial charge on any atom is 0.0726 e. The third-order valence-electron chi connectivity index (χ3n) is 4.68. The minimum absolute atomic E-state index is 0.321. The van der Waals surface area contributed by atoms with Crippen molar-refractivity contribution in [2.45, 2.75) is 33.3 Å². The van der Waals surface area contributed by atoms with Gasteiger partial charge in [0.1, 0.15) is 0 Å². The molecule has 0 radical (unpaired) electrons. The average molecular weight is 327 g/mol. The smallest absolute Gasteiger partial charge is 0.0726 e. The summed E-state index contributed by atoms with van der Waals surface area (Å²) >= 11 is 0. The lowest BCUT2D eigenvalue weighted by Gasteiger charge is -2.36. The fourth-order valence-electron chi connectivity index (χ4n) is 3.28. The van der Waals surface area contributed by atoms with Crippen LogP contribution in [-0.4, -0.2) is 55.3 Å². The van der Waals surface area contributed by atoms with Crippen molar-refractivity contribution < 1.29 is 4.74 Å². The van der Waals surface area contributed by atoms with Crippen LogP contribution in [0.15, 0.2) is 30.3 Å². The second kappa shape index (κ2) is 7.95. The van der Waals surface area contributed by atoms with Gasteiger partial charge in [0.2, 0.25) is 0 Å². The predicted octanol–water partition coefficient (Wildman–Crippen LogP) is 3.34. The molecule has 0 bridgehead atoms. The van der Waals surface area contributed by atoms with E-state index in [0.29, 0.717) is 6.10 Å². The average Bonchev–Trinajstić information content (AvgIpc) is 2.61. The Morgan fingerprint density at radius 3 is 2.58 bits per heavy atom. The quantitative estimate of drug-likeness (QED) is 0.813. The molecule has 130 valence electrons. The standard InChI is InChI=1S/C20H29N3O/c1-4-17-15-20(18-7-5-6-8-19(18)21-17)23-11-9-22(10-12-23)13-14-24-16(2)3/h5-8,15-16H,4,9-14H2,1-3H3. The second-order valence-corrected chi connectivity index (χ2v) is 6.75. The summed E-state index contributed by atoms with van der Waals surface area (Å²) in [6.45, 7) is 12.6. The van der Waals surface area contributed by atoms with Gasteiger partial charge >= 0.3 is 0 Å². The van der Waals surface area contributed by atoms with E-state index in [1.54, 1.807) is 0 Å². The zero-order valence-electron chi connectivity index (χ0n) is 15.2. The molecule has 4 nitrogen and oxygen atoms in total. The molecule has 0 atom stereocenters. The number of hydrogen-bond donors (Lipinski definition) is 0. The van der Waals surface area contributed by atoms with E-state index in [9.17, 15) is 0 Å². The van der Waals surface area contributed by atoms with Gasteiger partial charge in [-0.1, -0.05) is 25.1 Å². The zero-order valence-corrected chi connectivity index (χ0v) is 15.2. The van der Waals surface area contributed by atoms with Crippen LogP contribution in [0.1, 0.15) is 26.5 Å². The van der Waals surface area contributed by atoms with Crippen LogP contribution in [0.2, 0.25) is 0 Å². The first-order valence-electron chi connectivity index (χ1n) is 9.15. The minimum Gasteiger partial charge on any atom is -0.377 e. The molecule has 1 aliphatic heterocycles. The van der Waals surface area contributed by atoms with Crippen LogP contribution in [0.4, 0.5) is 5.69 Å². The number of benzene rings is 1. The lowest BCUT2D eigenvalue weighted by atomic mass is 10.1. The number of piperazine rings is 1. The topological polar surface area (TPSA) is 28.6 Å². The molecule has 4 heteroatoms. The number of nitrogens with zero attached hydrogens (tertiary/aromatic N) is 3. The van der Waals surface area contributed by atoms with Gasteiger partial charge in [-0.15, -0.1) is 0 Å². The van der Waals surface area contributed by atoms with E-state index in [1.165, 1.54) is 16.8 Å². The molecule has 1 aromatic heterocycles. The van der Waals surface area contributed by atoms with Crippen molar-refractivity contribution in [3.8, 4) is 0 Å².